The summed E-state index contributed by atoms with van der Waals surface area (Å²) in [5.41, 5.74) is 13.6. The first-order chi connectivity index (χ1) is 39.2. The number of aliphatic hydroxyl groups is 2. The number of fused-ring (bicyclic) bond motifs is 8. The number of carbonyl (C=O) groups is 2. The second-order valence-corrected chi connectivity index (χ2v) is 21.9. The van der Waals surface area contributed by atoms with Gasteiger partial charge in [-0.2, -0.15) is 0 Å². The minimum Gasteiger partial charge on any atom is -0.493 e. The minimum absolute atomic E-state index is 0.0189. The molecule has 10 heteroatoms. The Hall–Kier alpha value is -5.58. The number of hydrogen-bond acceptors (Lipinski definition) is 10. The van der Waals surface area contributed by atoms with Crippen molar-refractivity contribution in [3.05, 3.63) is 141 Å². The molecule has 0 radical (unpaired) electrons. The van der Waals surface area contributed by atoms with Crippen molar-refractivity contribution in [2.45, 2.75) is 207 Å². The number of unbranched alkanes of at least 4 members (excludes halogenated alkanes) is 12. The van der Waals surface area contributed by atoms with Gasteiger partial charge in [-0.05, 0) is 118 Å². The number of hydrogen-bond donors (Lipinski definition) is 2. The standard InChI is InChI=1S/C70H100O10/c1-7-13-17-21-29-53-41-57-49-58-42-54(30-22-18-14-8-2)44-60(68(58)78-36-26-34-72)51-62-46-56(32-24-20-16-10-4)48-64(70(62)80-40-28-38-76-66(74)12-6)52-63-47-55(31-23-19-15-9-3)45-61(50-59(43-53)67(57)77-35-25-33-71)69(63)79-39-27-37-75-65(73)11-5/h11-12,41-48,71-72H,5-10,13-40,49-52H2,1-4H3. The third kappa shape index (κ3) is 22.4. The second kappa shape index (κ2) is 38.2. The Morgan fingerprint density at radius 2 is 0.600 bits per heavy atom. The molecule has 4 aromatic rings. The summed E-state index contributed by atoms with van der Waals surface area (Å²) in [6, 6.07) is 18.9. The van der Waals surface area contributed by atoms with Crippen molar-refractivity contribution in [2.75, 3.05) is 52.9 Å². The number of carbonyl (C=O) groups excluding carboxylic acids is 2. The van der Waals surface area contributed by atoms with Gasteiger partial charge in [-0.25, -0.2) is 9.59 Å². The van der Waals surface area contributed by atoms with E-state index in [1.54, 1.807) is 0 Å². The van der Waals surface area contributed by atoms with E-state index >= 15 is 0 Å². The van der Waals surface area contributed by atoms with Crippen molar-refractivity contribution in [3.63, 3.8) is 0 Å². The van der Waals surface area contributed by atoms with Gasteiger partial charge < -0.3 is 38.6 Å². The molecule has 0 heterocycles. The SMILES string of the molecule is C=CC(=O)OCCCOc1c2cc(CCCCCC)cc1Cc1cc(CCCCCC)cc(c1OCCCOC(=O)C=C)Cc1cc(CCCCCC)cc(c1OCCCO)Cc1cc(CCCCCC)cc(c1OCCCO)C2. The summed E-state index contributed by atoms with van der Waals surface area (Å²) in [6.45, 7) is 18.0. The van der Waals surface area contributed by atoms with Crippen LogP contribution >= 0.6 is 0 Å². The summed E-state index contributed by atoms with van der Waals surface area (Å²) < 4.78 is 39.0. The van der Waals surface area contributed by atoms with Crippen LogP contribution in [0.1, 0.15) is 223 Å². The van der Waals surface area contributed by atoms with Crippen LogP contribution in [0.4, 0.5) is 0 Å². The second-order valence-electron chi connectivity index (χ2n) is 21.9. The summed E-state index contributed by atoms with van der Waals surface area (Å²) in [5, 5.41) is 20.3. The summed E-state index contributed by atoms with van der Waals surface area (Å²) in [7, 11) is 0. The van der Waals surface area contributed by atoms with Crippen molar-refractivity contribution < 1.29 is 48.2 Å². The van der Waals surface area contributed by atoms with Gasteiger partial charge in [-0.3, -0.25) is 0 Å². The average Bonchev–Trinajstić information content (AvgIpc) is 3.48. The lowest BCUT2D eigenvalue weighted by atomic mass is 9.87. The molecule has 0 saturated carbocycles. The molecule has 0 unspecified atom stereocenters. The highest BCUT2D eigenvalue weighted by molar-refractivity contribution is 5.81. The van der Waals surface area contributed by atoms with Crippen LogP contribution in [-0.4, -0.2) is 75.0 Å². The van der Waals surface area contributed by atoms with E-state index in [-0.39, 0.29) is 26.4 Å². The zero-order valence-corrected chi connectivity index (χ0v) is 49.8. The van der Waals surface area contributed by atoms with E-state index in [4.69, 9.17) is 28.4 Å². The van der Waals surface area contributed by atoms with Gasteiger partial charge in [0.1, 0.15) is 23.0 Å². The molecule has 440 valence electrons. The third-order valence-electron chi connectivity index (χ3n) is 15.0. The summed E-state index contributed by atoms with van der Waals surface area (Å²) >= 11 is 0. The number of aliphatic hydroxyl groups excluding tert-OH is 2. The fourth-order valence-electron chi connectivity index (χ4n) is 10.9. The topological polar surface area (TPSA) is 130 Å². The first kappa shape index (κ1) is 65.2. The lowest BCUT2D eigenvalue weighted by Gasteiger charge is -2.25. The Morgan fingerprint density at radius 3 is 0.812 bits per heavy atom. The maximum atomic E-state index is 12.2. The van der Waals surface area contributed by atoms with E-state index in [9.17, 15) is 19.8 Å². The van der Waals surface area contributed by atoms with Gasteiger partial charge in [-0.15, -0.1) is 0 Å². The van der Waals surface area contributed by atoms with E-state index in [0.29, 0.717) is 77.8 Å². The van der Waals surface area contributed by atoms with Crippen molar-refractivity contribution in [3.8, 4) is 23.0 Å². The molecule has 0 saturated heterocycles. The highest BCUT2D eigenvalue weighted by Crippen LogP contribution is 2.42. The first-order valence-corrected chi connectivity index (χ1v) is 31.1. The number of rotatable bonds is 40. The van der Waals surface area contributed by atoms with Crippen LogP contribution in [0.5, 0.6) is 23.0 Å². The summed E-state index contributed by atoms with van der Waals surface area (Å²) in [4.78, 5) is 24.3. The van der Waals surface area contributed by atoms with Gasteiger partial charge in [0.25, 0.3) is 0 Å². The van der Waals surface area contributed by atoms with Crippen molar-refractivity contribution in [2.24, 2.45) is 0 Å². The molecule has 4 aromatic carbocycles. The van der Waals surface area contributed by atoms with Gasteiger partial charge in [0.05, 0.1) is 39.6 Å². The molecule has 5 rings (SSSR count). The molecular formula is C70H100O10. The molecule has 0 aromatic heterocycles. The maximum Gasteiger partial charge on any atom is 0.330 e. The van der Waals surface area contributed by atoms with Crippen LogP contribution in [0.2, 0.25) is 0 Å². The lowest BCUT2D eigenvalue weighted by Crippen LogP contribution is -2.13. The predicted octanol–water partition coefficient (Wildman–Crippen LogP) is 15.4. The Kier molecular flexibility index (Phi) is 31.1. The smallest absolute Gasteiger partial charge is 0.330 e. The summed E-state index contributed by atoms with van der Waals surface area (Å²) in [5.74, 6) is 2.39. The molecular weight excluding hydrogens is 1000 g/mol. The molecule has 8 bridgehead atoms. The zero-order chi connectivity index (χ0) is 57.2. The number of benzene rings is 4. The average molecular weight is 1100 g/mol. The van der Waals surface area contributed by atoms with Gasteiger partial charge >= 0.3 is 11.9 Å². The number of esters is 2. The Labute approximate surface area is 482 Å². The van der Waals surface area contributed by atoms with Crippen molar-refractivity contribution in [1.82, 2.24) is 0 Å². The van der Waals surface area contributed by atoms with Crippen LogP contribution in [0.3, 0.4) is 0 Å². The van der Waals surface area contributed by atoms with Gasteiger partial charge in [0.2, 0.25) is 0 Å². The van der Waals surface area contributed by atoms with Gasteiger partial charge in [0, 0.05) is 76.7 Å². The fraction of sp³-hybridized carbons (Fsp3) is 0.571. The fourth-order valence-corrected chi connectivity index (χ4v) is 10.9. The van der Waals surface area contributed by atoms with Crippen LogP contribution in [0.15, 0.2) is 73.8 Å². The Morgan fingerprint density at radius 1 is 0.362 bits per heavy atom. The van der Waals surface area contributed by atoms with Crippen molar-refractivity contribution in [1.29, 1.82) is 0 Å². The molecule has 1 aliphatic rings. The molecule has 10 nitrogen and oxygen atoms in total. The maximum absolute atomic E-state index is 12.2. The zero-order valence-electron chi connectivity index (χ0n) is 49.8. The Bertz CT molecular complexity index is 2320. The predicted molar refractivity (Wildman–Crippen MR) is 325 cm³/mol. The third-order valence-corrected chi connectivity index (χ3v) is 15.0. The molecule has 0 aliphatic heterocycles. The van der Waals surface area contributed by atoms with E-state index < -0.39 is 11.9 Å². The van der Waals surface area contributed by atoms with Crippen LogP contribution in [-0.2, 0) is 70.4 Å². The molecule has 0 spiro atoms. The summed E-state index contributed by atoms with van der Waals surface area (Å²) in [6.07, 6.45) is 28.5. The largest absolute Gasteiger partial charge is 0.493 e. The van der Waals surface area contributed by atoms with Crippen LogP contribution in [0.25, 0.3) is 0 Å². The first-order valence-electron chi connectivity index (χ1n) is 31.1. The molecule has 0 amide bonds. The van der Waals surface area contributed by atoms with E-state index in [0.717, 1.165) is 170 Å². The highest BCUT2D eigenvalue weighted by atomic mass is 16.5. The van der Waals surface area contributed by atoms with Gasteiger partial charge in [-0.1, -0.05) is 166 Å². The molecule has 0 fully saturated rings. The molecule has 0 atom stereocenters. The molecule has 80 heavy (non-hydrogen) atoms. The monoisotopic (exact) mass is 1100 g/mol. The van der Waals surface area contributed by atoms with E-state index in [1.807, 2.05) is 0 Å². The quantitative estimate of drug-likeness (QED) is 0.0222. The minimum atomic E-state index is -0.457. The highest BCUT2D eigenvalue weighted by Gasteiger charge is 2.25. The van der Waals surface area contributed by atoms with Crippen LogP contribution < -0.4 is 18.9 Å². The van der Waals surface area contributed by atoms with Crippen LogP contribution in [0, 0.1) is 0 Å². The van der Waals surface area contributed by atoms with E-state index in [2.05, 4.69) is 89.4 Å². The van der Waals surface area contributed by atoms with Crippen molar-refractivity contribution >= 4 is 11.9 Å². The molecule has 2 N–H and O–H groups in total. The number of ether oxygens (including phenoxy) is 6. The van der Waals surface area contributed by atoms with Gasteiger partial charge in [0.15, 0.2) is 0 Å². The Balaban J connectivity index is 1.90. The molecule has 1 aliphatic carbocycles. The lowest BCUT2D eigenvalue weighted by molar-refractivity contribution is -0.138. The normalized spacial score (nSPS) is 12.0. The van der Waals surface area contributed by atoms with E-state index in [1.165, 1.54) is 60.1 Å². The number of aryl methyl sites for hydroxylation is 4.